The third kappa shape index (κ3) is 5.41. The molecule has 33 heavy (non-hydrogen) atoms. The lowest BCUT2D eigenvalue weighted by Gasteiger charge is -2.22. The first-order valence-electron chi connectivity index (χ1n) is 10.9. The summed E-state index contributed by atoms with van der Waals surface area (Å²) in [5.41, 5.74) is 4.97. The molecule has 1 aromatic heterocycles. The van der Waals surface area contributed by atoms with Gasteiger partial charge in [-0.25, -0.2) is 9.78 Å². The molecule has 0 aliphatic heterocycles. The highest BCUT2D eigenvalue weighted by molar-refractivity contribution is 6.30. The number of ether oxygens (including phenoxy) is 2. The van der Waals surface area contributed by atoms with E-state index in [4.69, 9.17) is 26.1 Å². The number of para-hydroxylation sites is 1. The molecule has 0 saturated heterocycles. The van der Waals surface area contributed by atoms with Gasteiger partial charge in [0.05, 0.1) is 23.4 Å². The monoisotopic (exact) mass is 464 g/mol. The van der Waals surface area contributed by atoms with Gasteiger partial charge in [0.1, 0.15) is 0 Å². The molecule has 0 atom stereocenters. The summed E-state index contributed by atoms with van der Waals surface area (Å²) in [4.78, 5) is 30.1. The summed E-state index contributed by atoms with van der Waals surface area (Å²) >= 11 is 6.02. The molecule has 0 bridgehead atoms. The van der Waals surface area contributed by atoms with Gasteiger partial charge in [0.15, 0.2) is 6.61 Å². The smallest absolute Gasteiger partial charge is 0.339 e. The number of rotatable bonds is 7. The summed E-state index contributed by atoms with van der Waals surface area (Å²) in [7, 11) is 1.56. The molecule has 7 heteroatoms. The maximum atomic E-state index is 13.2. The van der Waals surface area contributed by atoms with Crippen LogP contribution in [0.5, 0.6) is 0 Å². The van der Waals surface area contributed by atoms with E-state index < -0.39 is 5.97 Å². The number of nitrogens with one attached hydrogen (secondary N) is 1. The topological polar surface area (TPSA) is 77.5 Å². The minimum atomic E-state index is -0.514. The van der Waals surface area contributed by atoms with Crippen LogP contribution in [0.2, 0.25) is 5.02 Å². The highest BCUT2D eigenvalue weighted by Gasteiger charge is 2.26. The van der Waals surface area contributed by atoms with Gasteiger partial charge in [0.2, 0.25) is 0 Å². The molecule has 1 heterocycles. The summed E-state index contributed by atoms with van der Waals surface area (Å²) in [6.45, 7) is 0.408. The molecule has 0 fully saturated rings. The Bertz CT molecular complexity index is 1200. The number of methoxy groups -OCH3 is 1. The number of fused-ring (bicyclic) bond motifs is 2. The lowest BCUT2D eigenvalue weighted by molar-refractivity contribution is -0.124. The molecular formula is C26H25ClN2O4. The van der Waals surface area contributed by atoms with Crippen molar-refractivity contribution in [2.45, 2.75) is 19.3 Å². The molecule has 1 N–H and O–H groups in total. The molecule has 1 aliphatic rings. The van der Waals surface area contributed by atoms with Crippen LogP contribution in [0.4, 0.5) is 0 Å². The van der Waals surface area contributed by atoms with Crippen LogP contribution in [0.1, 0.15) is 40.0 Å². The summed E-state index contributed by atoms with van der Waals surface area (Å²) < 4.78 is 10.3. The number of hydrogen-bond donors (Lipinski definition) is 1. The van der Waals surface area contributed by atoms with Crippen molar-refractivity contribution < 1.29 is 19.1 Å². The van der Waals surface area contributed by atoms with Crippen LogP contribution in [-0.4, -0.2) is 43.7 Å². The number of hydrogen-bond acceptors (Lipinski definition) is 5. The molecule has 0 spiro atoms. The number of halogens is 1. The van der Waals surface area contributed by atoms with E-state index >= 15 is 0 Å². The minimum absolute atomic E-state index is 0.346. The molecule has 170 valence electrons. The Morgan fingerprint density at radius 1 is 1.12 bits per heavy atom. The van der Waals surface area contributed by atoms with Crippen LogP contribution in [0.3, 0.4) is 0 Å². The van der Waals surface area contributed by atoms with E-state index in [1.807, 2.05) is 48.5 Å². The van der Waals surface area contributed by atoms with Gasteiger partial charge >= 0.3 is 5.97 Å². The van der Waals surface area contributed by atoms with Crippen molar-refractivity contribution in [3.8, 4) is 0 Å². The summed E-state index contributed by atoms with van der Waals surface area (Å²) in [5.74, 6) is -0.879. The van der Waals surface area contributed by atoms with Crippen LogP contribution in [-0.2, 0) is 20.7 Å². The number of allylic oxidation sites excluding steroid dienone is 1. The molecule has 0 radical (unpaired) electrons. The molecule has 1 amide bonds. The van der Waals surface area contributed by atoms with E-state index in [9.17, 15) is 9.59 Å². The van der Waals surface area contributed by atoms with Gasteiger partial charge in [0, 0.05) is 24.1 Å². The highest BCUT2D eigenvalue weighted by atomic mass is 35.5. The number of carbonyl (C=O) groups excluding carboxylic acids is 2. The highest BCUT2D eigenvalue weighted by Crippen LogP contribution is 2.36. The molecule has 3 aromatic rings. The van der Waals surface area contributed by atoms with E-state index in [1.54, 1.807) is 7.11 Å². The fourth-order valence-corrected chi connectivity index (χ4v) is 4.14. The van der Waals surface area contributed by atoms with Crippen molar-refractivity contribution in [3.05, 3.63) is 75.9 Å². The predicted molar refractivity (Wildman–Crippen MR) is 129 cm³/mol. The number of amides is 1. The number of nitrogens with zero attached hydrogens (tertiary/aromatic N) is 1. The number of carbonyl (C=O) groups is 2. The van der Waals surface area contributed by atoms with E-state index in [0.717, 1.165) is 52.6 Å². The fourth-order valence-electron chi connectivity index (χ4n) is 4.02. The van der Waals surface area contributed by atoms with Gasteiger partial charge in [-0.15, -0.1) is 0 Å². The van der Waals surface area contributed by atoms with Gasteiger partial charge in [0.25, 0.3) is 5.91 Å². The van der Waals surface area contributed by atoms with Gasteiger partial charge in [-0.2, -0.15) is 0 Å². The zero-order valence-corrected chi connectivity index (χ0v) is 19.2. The fraction of sp³-hybridized carbons (Fsp3) is 0.269. The molecule has 4 rings (SSSR count). The third-order valence-corrected chi connectivity index (χ3v) is 5.80. The Morgan fingerprint density at radius 3 is 2.70 bits per heavy atom. The third-order valence-electron chi connectivity index (χ3n) is 5.55. The Morgan fingerprint density at radius 2 is 1.91 bits per heavy atom. The lowest BCUT2D eigenvalue weighted by atomic mass is 9.86. The maximum absolute atomic E-state index is 13.2. The van der Waals surface area contributed by atoms with Crippen LogP contribution in [0.25, 0.3) is 22.6 Å². The van der Waals surface area contributed by atoms with Gasteiger partial charge in [-0.3, -0.25) is 4.79 Å². The van der Waals surface area contributed by atoms with Crippen molar-refractivity contribution >= 4 is 46.0 Å². The van der Waals surface area contributed by atoms with Gasteiger partial charge in [-0.05, 0) is 60.2 Å². The first kappa shape index (κ1) is 23.0. The quantitative estimate of drug-likeness (QED) is 0.405. The Labute approximate surface area is 197 Å². The van der Waals surface area contributed by atoms with Gasteiger partial charge in [-0.1, -0.05) is 41.9 Å². The van der Waals surface area contributed by atoms with E-state index in [2.05, 4.69) is 11.4 Å². The zero-order valence-electron chi connectivity index (χ0n) is 18.4. The SMILES string of the molecule is COCCNC(=O)COC(=O)c1c2c(nc3ccccc13)C(=Cc1ccc(Cl)cc1)CCC2. The second-order valence-corrected chi connectivity index (χ2v) is 8.26. The number of pyridine rings is 1. The zero-order chi connectivity index (χ0) is 23.2. The minimum Gasteiger partial charge on any atom is -0.452 e. The van der Waals surface area contributed by atoms with E-state index in [0.29, 0.717) is 23.7 Å². The van der Waals surface area contributed by atoms with Gasteiger partial charge < -0.3 is 14.8 Å². The molecule has 1 aliphatic carbocycles. The average molecular weight is 465 g/mol. The molecule has 6 nitrogen and oxygen atoms in total. The second kappa shape index (κ2) is 10.6. The average Bonchev–Trinajstić information content (AvgIpc) is 2.83. The Hall–Kier alpha value is -3.22. The van der Waals surface area contributed by atoms with Crippen molar-refractivity contribution in [1.82, 2.24) is 10.3 Å². The predicted octanol–water partition coefficient (Wildman–Crippen LogP) is 4.68. The lowest BCUT2D eigenvalue weighted by Crippen LogP contribution is -2.31. The largest absolute Gasteiger partial charge is 0.452 e. The molecule has 2 aromatic carbocycles. The first-order valence-corrected chi connectivity index (χ1v) is 11.3. The molecule has 0 unspecified atom stereocenters. The van der Waals surface area contributed by atoms with Crippen molar-refractivity contribution in [2.24, 2.45) is 0 Å². The number of aromatic nitrogens is 1. The molecular weight excluding hydrogens is 440 g/mol. The maximum Gasteiger partial charge on any atom is 0.339 e. The summed E-state index contributed by atoms with van der Waals surface area (Å²) in [6, 6.07) is 15.2. The second-order valence-electron chi connectivity index (χ2n) is 7.82. The summed E-state index contributed by atoms with van der Waals surface area (Å²) in [6.07, 6.45) is 4.56. The number of esters is 1. The number of benzene rings is 2. The van der Waals surface area contributed by atoms with Crippen LogP contribution >= 0.6 is 11.6 Å². The van der Waals surface area contributed by atoms with E-state index in [-0.39, 0.29) is 12.5 Å². The molecule has 0 saturated carbocycles. The Kier molecular flexibility index (Phi) is 7.37. The van der Waals surface area contributed by atoms with Crippen LogP contribution in [0, 0.1) is 0 Å². The van der Waals surface area contributed by atoms with Crippen molar-refractivity contribution in [1.29, 1.82) is 0 Å². The first-order chi connectivity index (χ1) is 16.1. The van der Waals surface area contributed by atoms with E-state index in [1.165, 1.54) is 0 Å². The van der Waals surface area contributed by atoms with Crippen molar-refractivity contribution in [3.63, 3.8) is 0 Å². The van der Waals surface area contributed by atoms with Crippen LogP contribution < -0.4 is 5.32 Å². The van der Waals surface area contributed by atoms with Crippen LogP contribution in [0.15, 0.2) is 48.5 Å². The Balaban J connectivity index is 1.69. The standard InChI is InChI=1S/C26H25ClN2O4/c1-32-14-13-28-23(30)16-33-26(31)24-20-6-2-3-8-22(20)29-25-18(5-4-7-21(24)25)15-17-9-11-19(27)12-10-17/h2-3,6,8-12,15H,4-5,7,13-14,16H2,1H3,(H,28,30). The summed E-state index contributed by atoms with van der Waals surface area (Å²) in [5, 5.41) is 4.07. The van der Waals surface area contributed by atoms with Crippen molar-refractivity contribution in [2.75, 3.05) is 26.9 Å². The normalized spacial score (nSPS) is 14.2.